The van der Waals surface area contributed by atoms with Gasteiger partial charge in [-0.05, 0) is 12.5 Å². The van der Waals surface area contributed by atoms with Gasteiger partial charge in [0.15, 0.2) is 0 Å². The lowest BCUT2D eigenvalue weighted by Crippen LogP contribution is -2.09. The molecule has 0 atom stereocenters. The SMILES string of the molecule is CCCn1ccnc1CNc1ccc([N+](=O)[O-])cc1OC. The summed E-state index contributed by atoms with van der Waals surface area (Å²) in [6.45, 7) is 3.55. The minimum atomic E-state index is -0.444. The van der Waals surface area contributed by atoms with Gasteiger partial charge in [-0.1, -0.05) is 6.92 Å². The minimum Gasteiger partial charge on any atom is -0.494 e. The van der Waals surface area contributed by atoms with E-state index in [1.807, 2.05) is 6.20 Å². The zero-order valence-corrected chi connectivity index (χ0v) is 12.1. The number of benzene rings is 1. The lowest BCUT2D eigenvalue weighted by molar-refractivity contribution is -0.384. The molecule has 1 aromatic heterocycles. The van der Waals surface area contributed by atoms with Crippen molar-refractivity contribution in [3.05, 3.63) is 46.5 Å². The Kier molecular flexibility index (Phi) is 4.76. The number of imidazole rings is 1. The second kappa shape index (κ2) is 6.74. The van der Waals surface area contributed by atoms with Gasteiger partial charge < -0.3 is 14.6 Å². The van der Waals surface area contributed by atoms with Gasteiger partial charge in [0.2, 0.25) is 0 Å². The largest absolute Gasteiger partial charge is 0.494 e. The Morgan fingerprint density at radius 3 is 2.95 bits per heavy atom. The van der Waals surface area contributed by atoms with E-state index >= 15 is 0 Å². The topological polar surface area (TPSA) is 82.2 Å². The molecule has 0 radical (unpaired) electrons. The van der Waals surface area contributed by atoms with Crippen molar-refractivity contribution in [3.8, 4) is 5.75 Å². The van der Waals surface area contributed by atoms with Gasteiger partial charge in [-0.15, -0.1) is 0 Å². The number of rotatable bonds is 7. The molecule has 2 aromatic rings. The first-order valence-corrected chi connectivity index (χ1v) is 6.72. The van der Waals surface area contributed by atoms with Crippen LogP contribution in [-0.2, 0) is 13.1 Å². The fourth-order valence-corrected chi connectivity index (χ4v) is 2.07. The van der Waals surface area contributed by atoms with Gasteiger partial charge >= 0.3 is 0 Å². The smallest absolute Gasteiger partial charge is 0.273 e. The third-order valence-electron chi connectivity index (χ3n) is 3.10. The first kappa shape index (κ1) is 14.8. The lowest BCUT2D eigenvalue weighted by atomic mass is 10.2. The van der Waals surface area contributed by atoms with E-state index in [9.17, 15) is 10.1 Å². The van der Waals surface area contributed by atoms with Gasteiger partial charge in [0.25, 0.3) is 5.69 Å². The molecule has 21 heavy (non-hydrogen) atoms. The van der Waals surface area contributed by atoms with E-state index in [0.717, 1.165) is 18.8 Å². The Morgan fingerprint density at radius 1 is 1.48 bits per heavy atom. The van der Waals surface area contributed by atoms with E-state index in [0.29, 0.717) is 18.0 Å². The van der Waals surface area contributed by atoms with Crippen molar-refractivity contribution in [3.63, 3.8) is 0 Å². The van der Waals surface area contributed by atoms with Crippen molar-refractivity contribution in [2.75, 3.05) is 12.4 Å². The molecular formula is C14H18N4O3. The van der Waals surface area contributed by atoms with Gasteiger partial charge in [0.05, 0.1) is 30.3 Å². The summed E-state index contributed by atoms with van der Waals surface area (Å²) >= 11 is 0. The number of anilines is 1. The van der Waals surface area contributed by atoms with Crippen LogP contribution < -0.4 is 10.1 Å². The molecule has 0 aliphatic rings. The second-order valence-corrected chi connectivity index (χ2v) is 4.53. The average Bonchev–Trinajstić information content (AvgIpc) is 2.92. The molecule has 0 fully saturated rings. The van der Waals surface area contributed by atoms with Crippen molar-refractivity contribution in [1.82, 2.24) is 9.55 Å². The number of aryl methyl sites for hydroxylation is 1. The van der Waals surface area contributed by atoms with Gasteiger partial charge in [0, 0.05) is 25.0 Å². The number of methoxy groups -OCH3 is 1. The summed E-state index contributed by atoms with van der Waals surface area (Å²) < 4.78 is 7.26. The minimum absolute atomic E-state index is 0.00452. The number of hydrogen-bond donors (Lipinski definition) is 1. The van der Waals surface area contributed by atoms with Gasteiger partial charge in [-0.2, -0.15) is 0 Å². The van der Waals surface area contributed by atoms with Crippen LogP contribution in [0.2, 0.25) is 0 Å². The number of nitro groups is 1. The fourth-order valence-electron chi connectivity index (χ4n) is 2.07. The quantitative estimate of drug-likeness (QED) is 0.626. The molecule has 1 aromatic carbocycles. The molecular weight excluding hydrogens is 272 g/mol. The third-order valence-corrected chi connectivity index (χ3v) is 3.10. The Morgan fingerprint density at radius 2 is 2.29 bits per heavy atom. The Labute approximate surface area is 122 Å². The van der Waals surface area contributed by atoms with Crippen LogP contribution in [0.15, 0.2) is 30.6 Å². The predicted molar refractivity (Wildman–Crippen MR) is 79.5 cm³/mol. The molecule has 7 heteroatoms. The molecule has 1 N–H and O–H groups in total. The predicted octanol–water partition coefficient (Wildman–Crippen LogP) is 2.82. The van der Waals surface area contributed by atoms with Crippen molar-refractivity contribution < 1.29 is 9.66 Å². The number of ether oxygens (including phenoxy) is 1. The van der Waals surface area contributed by atoms with Crippen LogP contribution in [0, 0.1) is 10.1 Å². The summed E-state index contributed by atoms with van der Waals surface area (Å²) in [6.07, 6.45) is 4.73. The number of aromatic nitrogens is 2. The zero-order valence-electron chi connectivity index (χ0n) is 12.1. The monoisotopic (exact) mass is 290 g/mol. The highest BCUT2D eigenvalue weighted by molar-refractivity contribution is 5.60. The average molecular weight is 290 g/mol. The van der Waals surface area contributed by atoms with Crippen molar-refractivity contribution in [2.45, 2.75) is 26.4 Å². The Balaban J connectivity index is 2.12. The lowest BCUT2D eigenvalue weighted by Gasteiger charge is -2.12. The first-order chi connectivity index (χ1) is 10.2. The Hall–Kier alpha value is -2.57. The highest BCUT2D eigenvalue weighted by Crippen LogP contribution is 2.29. The fraction of sp³-hybridized carbons (Fsp3) is 0.357. The van der Waals surface area contributed by atoms with Crippen LogP contribution in [0.5, 0.6) is 5.75 Å². The molecule has 0 saturated carbocycles. The number of nitrogens with zero attached hydrogens (tertiary/aromatic N) is 3. The van der Waals surface area contributed by atoms with Crippen molar-refractivity contribution in [2.24, 2.45) is 0 Å². The molecule has 7 nitrogen and oxygen atoms in total. The molecule has 0 aliphatic heterocycles. The molecule has 0 aliphatic carbocycles. The van der Waals surface area contributed by atoms with Gasteiger partial charge in [-0.3, -0.25) is 10.1 Å². The van der Waals surface area contributed by atoms with Gasteiger partial charge in [-0.25, -0.2) is 4.98 Å². The number of nitrogens with one attached hydrogen (secondary N) is 1. The van der Waals surface area contributed by atoms with E-state index in [1.165, 1.54) is 19.2 Å². The molecule has 112 valence electrons. The normalized spacial score (nSPS) is 10.4. The highest BCUT2D eigenvalue weighted by atomic mass is 16.6. The maximum Gasteiger partial charge on any atom is 0.273 e. The molecule has 2 rings (SSSR count). The van der Waals surface area contributed by atoms with Crippen LogP contribution in [0.4, 0.5) is 11.4 Å². The third kappa shape index (κ3) is 3.50. The summed E-state index contributed by atoms with van der Waals surface area (Å²) in [5.41, 5.74) is 0.707. The molecule has 0 bridgehead atoms. The van der Waals surface area contributed by atoms with E-state index in [2.05, 4.69) is 21.8 Å². The number of hydrogen-bond acceptors (Lipinski definition) is 5. The molecule has 0 spiro atoms. The zero-order chi connectivity index (χ0) is 15.2. The molecule has 0 saturated heterocycles. The molecule has 0 unspecified atom stereocenters. The van der Waals surface area contributed by atoms with E-state index in [1.54, 1.807) is 12.3 Å². The van der Waals surface area contributed by atoms with Crippen molar-refractivity contribution in [1.29, 1.82) is 0 Å². The van der Waals surface area contributed by atoms with E-state index < -0.39 is 4.92 Å². The van der Waals surface area contributed by atoms with Crippen LogP contribution in [0.3, 0.4) is 0 Å². The second-order valence-electron chi connectivity index (χ2n) is 4.53. The van der Waals surface area contributed by atoms with Gasteiger partial charge in [0.1, 0.15) is 11.6 Å². The summed E-state index contributed by atoms with van der Waals surface area (Å²) in [5.74, 6) is 1.36. The van der Waals surface area contributed by atoms with E-state index in [4.69, 9.17) is 4.74 Å². The van der Waals surface area contributed by atoms with Crippen LogP contribution in [0.25, 0.3) is 0 Å². The Bertz CT molecular complexity index is 624. The molecule has 0 amide bonds. The maximum atomic E-state index is 10.8. The first-order valence-electron chi connectivity index (χ1n) is 6.72. The highest BCUT2D eigenvalue weighted by Gasteiger charge is 2.11. The number of non-ortho nitro benzene ring substituents is 1. The summed E-state index contributed by atoms with van der Waals surface area (Å²) in [7, 11) is 1.49. The summed E-state index contributed by atoms with van der Waals surface area (Å²) in [5, 5.41) is 14.0. The summed E-state index contributed by atoms with van der Waals surface area (Å²) in [6, 6.07) is 4.49. The maximum absolute atomic E-state index is 10.8. The van der Waals surface area contributed by atoms with E-state index in [-0.39, 0.29) is 5.69 Å². The standard InChI is InChI=1S/C14H18N4O3/c1-3-7-17-8-6-15-14(17)10-16-12-5-4-11(18(19)20)9-13(12)21-2/h4-6,8-9,16H,3,7,10H2,1-2H3. The van der Waals surface area contributed by atoms with Crippen molar-refractivity contribution >= 4 is 11.4 Å². The van der Waals surface area contributed by atoms with Crippen LogP contribution >= 0.6 is 0 Å². The summed E-state index contributed by atoms with van der Waals surface area (Å²) in [4.78, 5) is 14.6. The van der Waals surface area contributed by atoms with Crippen LogP contribution in [0.1, 0.15) is 19.2 Å². The number of nitro benzene ring substituents is 1. The van der Waals surface area contributed by atoms with Crippen LogP contribution in [-0.4, -0.2) is 21.6 Å². The molecule has 1 heterocycles.